The number of carbonyl (C=O) groups excluding carboxylic acids is 1. The molecular weight excluding hydrogens is 328 g/mol. The summed E-state index contributed by atoms with van der Waals surface area (Å²) < 4.78 is 0.918. The molecule has 0 unspecified atom stereocenters. The van der Waals surface area contributed by atoms with Crippen LogP contribution in [-0.4, -0.2) is 43.1 Å². The van der Waals surface area contributed by atoms with Gasteiger partial charge in [0.15, 0.2) is 0 Å². The number of nitrogens with two attached hydrogens (primary N) is 1. The van der Waals surface area contributed by atoms with Crippen LogP contribution in [0.4, 0.5) is 10.5 Å². The van der Waals surface area contributed by atoms with Crippen LogP contribution in [0.15, 0.2) is 22.7 Å². The molecule has 0 saturated heterocycles. The SMILES string of the molecule is CN(C)C(=O)NCCNc1ccc(Br)cc1C(N)=S. The number of thiocarbonyl (C=S) groups is 1. The molecule has 0 atom stereocenters. The Balaban J connectivity index is 2.54. The number of nitrogens with zero attached hydrogens (tertiary/aromatic N) is 1. The minimum Gasteiger partial charge on any atom is -0.389 e. The first-order valence-electron chi connectivity index (χ1n) is 5.70. The Morgan fingerprint density at radius 1 is 1.42 bits per heavy atom. The third kappa shape index (κ3) is 5.04. The van der Waals surface area contributed by atoms with E-state index in [0.29, 0.717) is 18.1 Å². The Bertz CT molecular complexity index is 479. The summed E-state index contributed by atoms with van der Waals surface area (Å²) in [5.74, 6) is 0. The Labute approximate surface area is 126 Å². The van der Waals surface area contributed by atoms with Gasteiger partial charge in [-0.05, 0) is 18.2 Å². The molecule has 1 aromatic carbocycles. The van der Waals surface area contributed by atoms with E-state index in [-0.39, 0.29) is 6.03 Å². The zero-order valence-corrected chi connectivity index (χ0v) is 13.3. The van der Waals surface area contributed by atoms with E-state index in [0.717, 1.165) is 15.7 Å². The highest BCUT2D eigenvalue weighted by Crippen LogP contribution is 2.20. The normalized spacial score (nSPS) is 9.84. The first-order valence-corrected chi connectivity index (χ1v) is 6.90. The highest BCUT2D eigenvalue weighted by atomic mass is 79.9. The second-order valence-electron chi connectivity index (χ2n) is 4.11. The molecule has 1 aromatic rings. The van der Waals surface area contributed by atoms with Crippen LogP contribution in [0, 0.1) is 0 Å². The molecule has 2 amide bonds. The summed E-state index contributed by atoms with van der Waals surface area (Å²) in [6.45, 7) is 1.11. The third-order valence-electron chi connectivity index (χ3n) is 2.37. The molecule has 0 spiro atoms. The van der Waals surface area contributed by atoms with Gasteiger partial charge in [0.25, 0.3) is 0 Å². The Hall–Kier alpha value is -1.34. The molecule has 0 radical (unpaired) electrons. The van der Waals surface area contributed by atoms with Crippen LogP contribution in [0.3, 0.4) is 0 Å². The van der Waals surface area contributed by atoms with Gasteiger partial charge in [0.05, 0.1) is 0 Å². The molecule has 4 N–H and O–H groups in total. The van der Waals surface area contributed by atoms with Gasteiger partial charge in [0, 0.05) is 42.9 Å². The van der Waals surface area contributed by atoms with Gasteiger partial charge >= 0.3 is 6.03 Å². The molecule has 0 heterocycles. The van der Waals surface area contributed by atoms with Crippen molar-refractivity contribution in [2.24, 2.45) is 5.73 Å². The molecule has 0 saturated carbocycles. The van der Waals surface area contributed by atoms with E-state index >= 15 is 0 Å². The van der Waals surface area contributed by atoms with Crippen molar-refractivity contribution in [2.45, 2.75) is 0 Å². The van der Waals surface area contributed by atoms with Crippen molar-refractivity contribution in [1.82, 2.24) is 10.2 Å². The van der Waals surface area contributed by atoms with Gasteiger partial charge in [0.1, 0.15) is 4.99 Å². The number of carbonyl (C=O) groups is 1. The van der Waals surface area contributed by atoms with Crippen LogP contribution in [0.1, 0.15) is 5.56 Å². The average Bonchev–Trinajstić information content (AvgIpc) is 2.35. The van der Waals surface area contributed by atoms with E-state index < -0.39 is 0 Å². The lowest BCUT2D eigenvalue weighted by atomic mass is 10.2. The monoisotopic (exact) mass is 344 g/mol. The van der Waals surface area contributed by atoms with Crippen LogP contribution < -0.4 is 16.4 Å². The summed E-state index contributed by atoms with van der Waals surface area (Å²) in [7, 11) is 3.39. The molecule has 0 aliphatic heterocycles. The van der Waals surface area contributed by atoms with Gasteiger partial charge in [0.2, 0.25) is 0 Å². The van der Waals surface area contributed by atoms with Crippen LogP contribution in [0.2, 0.25) is 0 Å². The first kappa shape index (κ1) is 15.7. The Kier molecular flexibility index (Phi) is 6.04. The fraction of sp³-hybridized carbons (Fsp3) is 0.333. The standard InChI is InChI=1S/C12H17BrN4OS/c1-17(2)12(18)16-6-5-15-10-4-3-8(13)7-9(10)11(14)19/h3-4,7,15H,5-6H2,1-2H3,(H2,14,19)(H,16,18). The highest BCUT2D eigenvalue weighted by molar-refractivity contribution is 9.10. The fourth-order valence-corrected chi connectivity index (χ4v) is 1.93. The molecule has 0 aliphatic carbocycles. The number of hydrogen-bond acceptors (Lipinski definition) is 3. The van der Waals surface area contributed by atoms with Gasteiger partial charge < -0.3 is 21.3 Å². The zero-order valence-electron chi connectivity index (χ0n) is 10.9. The van der Waals surface area contributed by atoms with Crippen LogP contribution in [0.5, 0.6) is 0 Å². The number of halogens is 1. The maximum atomic E-state index is 11.3. The lowest BCUT2D eigenvalue weighted by molar-refractivity contribution is 0.218. The summed E-state index contributed by atoms with van der Waals surface area (Å²) in [4.78, 5) is 13.1. The maximum Gasteiger partial charge on any atom is 0.316 e. The van der Waals surface area contributed by atoms with Gasteiger partial charge in [-0.2, -0.15) is 0 Å². The number of nitrogens with one attached hydrogen (secondary N) is 2. The van der Waals surface area contributed by atoms with E-state index in [9.17, 15) is 4.79 Å². The number of urea groups is 1. The van der Waals surface area contributed by atoms with Gasteiger partial charge in [-0.1, -0.05) is 28.1 Å². The van der Waals surface area contributed by atoms with Crippen molar-refractivity contribution in [2.75, 3.05) is 32.5 Å². The number of amides is 2. The molecule has 0 fully saturated rings. The minimum absolute atomic E-state index is 0.118. The molecule has 19 heavy (non-hydrogen) atoms. The lowest BCUT2D eigenvalue weighted by Crippen LogP contribution is -2.37. The van der Waals surface area contributed by atoms with Gasteiger partial charge in [-0.15, -0.1) is 0 Å². The summed E-state index contributed by atoms with van der Waals surface area (Å²) in [6.07, 6.45) is 0. The van der Waals surface area contributed by atoms with Crippen LogP contribution in [-0.2, 0) is 0 Å². The molecule has 1 rings (SSSR count). The average molecular weight is 345 g/mol. The summed E-state index contributed by atoms with van der Waals surface area (Å²) in [6, 6.07) is 5.55. The quantitative estimate of drug-likeness (QED) is 0.562. The number of anilines is 1. The predicted molar refractivity (Wildman–Crippen MR) is 85.6 cm³/mol. The second kappa shape index (κ2) is 7.30. The largest absolute Gasteiger partial charge is 0.389 e. The number of benzene rings is 1. The van der Waals surface area contributed by atoms with E-state index in [1.54, 1.807) is 14.1 Å². The van der Waals surface area contributed by atoms with Crippen molar-refractivity contribution in [3.63, 3.8) is 0 Å². The minimum atomic E-state index is -0.118. The molecule has 0 bridgehead atoms. The van der Waals surface area contributed by atoms with E-state index in [1.807, 2.05) is 18.2 Å². The van der Waals surface area contributed by atoms with Crippen LogP contribution >= 0.6 is 28.1 Å². The Morgan fingerprint density at radius 2 is 2.11 bits per heavy atom. The van der Waals surface area contributed by atoms with Crippen molar-refractivity contribution < 1.29 is 4.79 Å². The van der Waals surface area contributed by atoms with Gasteiger partial charge in [-0.3, -0.25) is 0 Å². The van der Waals surface area contributed by atoms with Crippen LogP contribution in [0.25, 0.3) is 0 Å². The first-order chi connectivity index (χ1) is 8.91. The molecule has 0 aromatic heterocycles. The smallest absolute Gasteiger partial charge is 0.316 e. The molecule has 5 nitrogen and oxygen atoms in total. The van der Waals surface area contributed by atoms with Crippen molar-refractivity contribution in [3.05, 3.63) is 28.2 Å². The lowest BCUT2D eigenvalue weighted by Gasteiger charge is -2.14. The zero-order chi connectivity index (χ0) is 14.4. The highest BCUT2D eigenvalue weighted by Gasteiger charge is 2.06. The number of rotatable bonds is 5. The summed E-state index contributed by atoms with van der Waals surface area (Å²) in [5, 5.41) is 5.96. The third-order valence-corrected chi connectivity index (χ3v) is 3.08. The van der Waals surface area contributed by atoms with Gasteiger partial charge in [-0.25, -0.2) is 4.79 Å². The number of hydrogen-bond donors (Lipinski definition) is 3. The maximum absolute atomic E-state index is 11.3. The summed E-state index contributed by atoms with van der Waals surface area (Å²) in [5.41, 5.74) is 7.31. The molecule has 104 valence electrons. The topological polar surface area (TPSA) is 70.4 Å². The van der Waals surface area contributed by atoms with Crippen molar-refractivity contribution in [3.8, 4) is 0 Å². The summed E-state index contributed by atoms with van der Waals surface area (Å²) >= 11 is 8.38. The molecular formula is C12H17BrN4OS. The molecule has 7 heteroatoms. The second-order valence-corrected chi connectivity index (χ2v) is 5.46. The van der Waals surface area contributed by atoms with Crippen molar-refractivity contribution >= 4 is 44.9 Å². The van der Waals surface area contributed by atoms with E-state index in [1.165, 1.54) is 4.90 Å². The molecule has 0 aliphatic rings. The van der Waals surface area contributed by atoms with E-state index in [2.05, 4.69) is 26.6 Å². The predicted octanol–water partition coefficient (Wildman–Crippen LogP) is 1.77. The van der Waals surface area contributed by atoms with Crippen molar-refractivity contribution in [1.29, 1.82) is 0 Å². The van der Waals surface area contributed by atoms with E-state index in [4.69, 9.17) is 18.0 Å². The Morgan fingerprint density at radius 3 is 2.68 bits per heavy atom. The fourth-order valence-electron chi connectivity index (χ4n) is 1.40.